The first-order valence-electron chi connectivity index (χ1n) is 6.58. The smallest absolute Gasteiger partial charge is 0.263 e. The number of hydrogen-bond donors (Lipinski definition) is 2. The maximum atomic E-state index is 11.4. The summed E-state index contributed by atoms with van der Waals surface area (Å²) >= 11 is 6.16. The van der Waals surface area contributed by atoms with Crippen LogP contribution in [-0.4, -0.2) is 22.7 Å². The number of carbonyl (C=O) groups is 1. The van der Waals surface area contributed by atoms with Crippen LogP contribution >= 0.6 is 11.6 Å². The molecule has 1 amide bonds. The lowest BCUT2D eigenvalue weighted by molar-refractivity contribution is -0.132. The van der Waals surface area contributed by atoms with E-state index >= 15 is 0 Å². The minimum absolute atomic E-state index is 0.0203. The number of rotatable bonds is 3. The molecular weight excluding hydrogens is 278 g/mol. The maximum absolute atomic E-state index is 11.4. The molecular formula is C14H16ClN3O2. The minimum atomic E-state index is -0.435. The van der Waals surface area contributed by atoms with Crippen molar-refractivity contribution in [1.29, 1.82) is 0 Å². The van der Waals surface area contributed by atoms with Crippen LogP contribution in [0, 0.1) is 0 Å². The summed E-state index contributed by atoms with van der Waals surface area (Å²) in [5.41, 5.74) is 3.21. The number of ether oxygens (including phenoxy) is 1. The van der Waals surface area contributed by atoms with Gasteiger partial charge in [0.15, 0.2) is 0 Å². The predicted molar refractivity (Wildman–Crippen MR) is 77.2 cm³/mol. The third-order valence-corrected chi connectivity index (χ3v) is 4.03. The van der Waals surface area contributed by atoms with Gasteiger partial charge in [-0.05, 0) is 31.0 Å². The predicted octanol–water partition coefficient (Wildman–Crippen LogP) is 1.83. The Balaban J connectivity index is 1.75. The molecule has 0 radical (unpaired) electrons. The fourth-order valence-electron chi connectivity index (χ4n) is 2.69. The summed E-state index contributed by atoms with van der Waals surface area (Å²) < 4.78 is 7.83. The number of nitrogens with one attached hydrogen (secondary N) is 1. The van der Waals surface area contributed by atoms with Crippen LogP contribution in [0.2, 0.25) is 5.02 Å². The molecule has 1 fully saturated rings. The minimum Gasteiger partial charge on any atom is -0.363 e. The average molecular weight is 294 g/mol. The molecule has 106 valence electrons. The molecule has 2 unspecified atom stereocenters. The van der Waals surface area contributed by atoms with Crippen molar-refractivity contribution in [2.75, 3.05) is 0 Å². The summed E-state index contributed by atoms with van der Waals surface area (Å²) in [5.74, 6) is 4.87. The lowest BCUT2D eigenvalue weighted by atomic mass is 10.2. The quantitative estimate of drug-likeness (QED) is 0.515. The molecule has 1 aliphatic rings. The second-order valence-corrected chi connectivity index (χ2v) is 5.38. The normalized spacial score (nSPS) is 22.3. The highest BCUT2D eigenvalue weighted by molar-refractivity contribution is 6.35. The number of nitrogens with zero attached hydrogens (tertiary/aromatic N) is 1. The molecule has 20 heavy (non-hydrogen) atoms. The Morgan fingerprint density at radius 1 is 1.45 bits per heavy atom. The van der Waals surface area contributed by atoms with E-state index in [1.165, 1.54) is 0 Å². The SMILES string of the molecule is NNC(=O)C1CCC(Cn2ccc3c(Cl)cccc32)O1. The molecule has 1 aliphatic heterocycles. The molecule has 2 heterocycles. The molecule has 0 bridgehead atoms. The Morgan fingerprint density at radius 3 is 3.10 bits per heavy atom. The van der Waals surface area contributed by atoms with Gasteiger partial charge in [-0.15, -0.1) is 0 Å². The Kier molecular flexibility index (Phi) is 3.65. The monoisotopic (exact) mass is 293 g/mol. The number of benzene rings is 1. The number of hydrogen-bond acceptors (Lipinski definition) is 3. The lowest BCUT2D eigenvalue weighted by Gasteiger charge is -2.14. The number of fused-ring (bicyclic) bond motifs is 1. The van der Waals surface area contributed by atoms with Crippen LogP contribution in [-0.2, 0) is 16.1 Å². The number of nitrogens with two attached hydrogens (primary N) is 1. The van der Waals surface area contributed by atoms with Crippen LogP contribution in [0.15, 0.2) is 30.5 Å². The fraction of sp³-hybridized carbons (Fsp3) is 0.357. The van der Waals surface area contributed by atoms with Gasteiger partial charge in [0.25, 0.3) is 5.91 Å². The van der Waals surface area contributed by atoms with Crippen molar-refractivity contribution in [2.24, 2.45) is 5.84 Å². The molecule has 1 aromatic heterocycles. The highest BCUT2D eigenvalue weighted by Gasteiger charge is 2.30. The van der Waals surface area contributed by atoms with E-state index in [9.17, 15) is 4.79 Å². The molecule has 2 atom stereocenters. The van der Waals surface area contributed by atoms with E-state index in [1.807, 2.05) is 30.5 Å². The molecule has 0 aliphatic carbocycles. The highest BCUT2D eigenvalue weighted by Crippen LogP contribution is 2.27. The number of halogens is 1. The van der Waals surface area contributed by atoms with Crippen molar-refractivity contribution in [3.8, 4) is 0 Å². The molecule has 0 saturated carbocycles. The van der Waals surface area contributed by atoms with E-state index in [1.54, 1.807) is 0 Å². The Morgan fingerprint density at radius 2 is 2.30 bits per heavy atom. The molecule has 6 heteroatoms. The van der Waals surface area contributed by atoms with E-state index in [0.717, 1.165) is 22.3 Å². The molecule has 1 aromatic carbocycles. The standard InChI is InChI=1S/C14H16ClN3O2/c15-11-2-1-3-12-10(11)6-7-18(12)8-9-4-5-13(20-9)14(19)17-16/h1-3,6-7,9,13H,4-5,8,16H2,(H,17,19). The van der Waals surface area contributed by atoms with Crippen molar-refractivity contribution < 1.29 is 9.53 Å². The van der Waals surface area contributed by atoms with Gasteiger partial charge in [-0.1, -0.05) is 17.7 Å². The summed E-state index contributed by atoms with van der Waals surface area (Å²) in [7, 11) is 0. The second-order valence-electron chi connectivity index (χ2n) is 4.97. The number of amides is 1. The van der Waals surface area contributed by atoms with Gasteiger partial charge in [-0.2, -0.15) is 0 Å². The summed E-state index contributed by atoms with van der Waals surface area (Å²) in [4.78, 5) is 11.4. The molecule has 2 aromatic rings. The van der Waals surface area contributed by atoms with Gasteiger partial charge < -0.3 is 9.30 Å². The van der Waals surface area contributed by atoms with E-state index in [0.29, 0.717) is 13.0 Å². The van der Waals surface area contributed by atoms with Gasteiger partial charge >= 0.3 is 0 Å². The van der Waals surface area contributed by atoms with Crippen LogP contribution in [0.25, 0.3) is 10.9 Å². The van der Waals surface area contributed by atoms with Crippen molar-refractivity contribution in [3.05, 3.63) is 35.5 Å². The maximum Gasteiger partial charge on any atom is 0.263 e. The number of aromatic nitrogens is 1. The van der Waals surface area contributed by atoms with Crippen molar-refractivity contribution >= 4 is 28.4 Å². The van der Waals surface area contributed by atoms with Crippen LogP contribution < -0.4 is 11.3 Å². The van der Waals surface area contributed by atoms with Gasteiger partial charge in [0.05, 0.1) is 6.10 Å². The molecule has 3 rings (SSSR count). The largest absolute Gasteiger partial charge is 0.363 e. The summed E-state index contributed by atoms with van der Waals surface area (Å²) in [6, 6.07) is 7.83. The fourth-order valence-corrected chi connectivity index (χ4v) is 2.92. The van der Waals surface area contributed by atoms with Gasteiger partial charge in [0.1, 0.15) is 6.10 Å². The summed E-state index contributed by atoms with van der Waals surface area (Å²) in [6.07, 6.45) is 3.13. The number of hydrazine groups is 1. The first-order valence-corrected chi connectivity index (χ1v) is 6.96. The van der Waals surface area contributed by atoms with Gasteiger partial charge in [-0.25, -0.2) is 5.84 Å². The van der Waals surface area contributed by atoms with Crippen molar-refractivity contribution in [3.63, 3.8) is 0 Å². The second kappa shape index (κ2) is 5.44. The third-order valence-electron chi connectivity index (χ3n) is 3.70. The zero-order chi connectivity index (χ0) is 14.1. The van der Waals surface area contributed by atoms with Gasteiger partial charge in [0.2, 0.25) is 0 Å². The molecule has 0 spiro atoms. The average Bonchev–Trinajstić information content (AvgIpc) is 3.07. The van der Waals surface area contributed by atoms with Crippen LogP contribution in [0.4, 0.5) is 0 Å². The van der Waals surface area contributed by atoms with Crippen LogP contribution in [0.1, 0.15) is 12.8 Å². The zero-order valence-electron chi connectivity index (χ0n) is 10.9. The van der Waals surface area contributed by atoms with Crippen molar-refractivity contribution in [2.45, 2.75) is 31.6 Å². The summed E-state index contributed by atoms with van der Waals surface area (Å²) in [6.45, 7) is 0.707. The molecule has 1 saturated heterocycles. The lowest BCUT2D eigenvalue weighted by Crippen LogP contribution is -2.39. The third kappa shape index (κ3) is 2.40. The summed E-state index contributed by atoms with van der Waals surface area (Å²) in [5, 5.41) is 1.78. The van der Waals surface area contributed by atoms with Gasteiger partial charge in [-0.3, -0.25) is 10.2 Å². The highest BCUT2D eigenvalue weighted by atomic mass is 35.5. The topological polar surface area (TPSA) is 69.3 Å². The Hall–Kier alpha value is -1.56. The Labute approximate surface area is 121 Å². The number of carbonyl (C=O) groups excluding carboxylic acids is 1. The Bertz CT molecular complexity index is 640. The molecule has 3 N–H and O–H groups in total. The first kappa shape index (κ1) is 13.4. The molecule has 5 nitrogen and oxygen atoms in total. The van der Waals surface area contributed by atoms with Crippen LogP contribution in [0.5, 0.6) is 0 Å². The van der Waals surface area contributed by atoms with Gasteiger partial charge in [0, 0.05) is 28.7 Å². The van der Waals surface area contributed by atoms with Crippen molar-refractivity contribution in [1.82, 2.24) is 9.99 Å². The van der Waals surface area contributed by atoms with E-state index in [2.05, 4.69) is 9.99 Å². The van der Waals surface area contributed by atoms with E-state index < -0.39 is 6.10 Å². The first-order chi connectivity index (χ1) is 9.69. The van der Waals surface area contributed by atoms with Crippen LogP contribution in [0.3, 0.4) is 0 Å². The van der Waals surface area contributed by atoms with E-state index in [-0.39, 0.29) is 12.0 Å². The zero-order valence-corrected chi connectivity index (χ0v) is 11.6. The van der Waals surface area contributed by atoms with E-state index in [4.69, 9.17) is 22.2 Å².